The minimum atomic E-state index is -0.287. The summed E-state index contributed by atoms with van der Waals surface area (Å²) in [5.41, 5.74) is 2.25. The summed E-state index contributed by atoms with van der Waals surface area (Å²) in [6.07, 6.45) is 4.08. The van der Waals surface area contributed by atoms with Gasteiger partial charge >= 0.3 is 0 Å². The van der Waals surface area contributed by atoms with Crippen LogP contribution < -0.4 is 0 Å². The van der Waals surface area contributed by atoms with Crippen molar-refractivity contribution in [2.45, 2.75) is 32.2 Å². The number of carbonyl (C=O) groups excluding carboxylic acids is 1. The van der Waals surface area contributed by atoms with Gasteiger partial charge in [-0.3, -0.25) is 4.79 Å². The Balaban J connectivity index is 1.77. The predicted molar refractivity (Wildman–Crippen MR) is 91.9 cm³/mol. The van der Waals surface area contributed by atoms with Crippen molar-refractivity contribution in [3.05, 3.63) is 41.5 Å². The first-order valence-corrected chi connectivity index (χ1v) is 8.96. The van der Waals surface area contributed by atoms with Crippen LogP contribution in [-0.2, 0) is 17.7 Å². The Kier molecular flexibility index (Phi) is 4.53. The number of benzene rings is 1. The maximum atomic E-state index is 13.7. The third kappa shape index (κ3) is 3.18. The van der Waals surface area contributed by atoms with Crippen molar-refractivity contribution in [2.75, 3.05) is 26.3 Å². The van der Waals surface area contributed by atoms with Crippen molar-refractivity contribution >= 4 is 5.91 Å². The molecule has 0 unspecified atom stereocenters. The number of hydrogen-bond donors (Lipinski definition) is 0. The lowest BCUT2D eigenvalue weighted by Gasteiger charge is -2.26. The van der Waals surface area contributed by atoms with E-state index in [2.05, 4.69) is 9.55 Å². The average Bonchev–Trinajstić information content (AvgIpc) is 2.83. The van der Waals surface area contributed by atoms with Crippen LogP contribution in [0.3, 0.4) is 0 Å². The molecule has 0 saturated carbocycles. The van der Waals surface area contributed by atoms with Gasteiger partial charge in [-0.05, 0) is 31.4 Å². The molecule has 5 nitrogen and oxygen atoms in total. The van der Waals surface area contributed by atoms with Gasteiger partial charge in [0, 0.05) is 25.2 Å². The number of aromatic nitrogens is 2. The maximum Gasteiger partial charge on any atom is 0.274 e. The predicted octanol–water partition coefficient (Wildman–Crippen LogP) is 2.89. The average molecular weight is 343 g/mol. The lowest BCUT2D eigenvalue weighted by molar-refractivity contribution is 0.0298. The van der Waals surface area contributed by atoms with Crippen LogP contribution in [-0.4, -0.2) is 46.7 Å². The van der Waals surface area contributed by atoms with E-state index in [1.165, 1.54) is 12.1 Å². The van der Waals surface area contributed by atoms with Crippen LogP contribution in [0.1, 0.15) is 35.4 Å². The van der Waals surface area contributed by atoms with E-state index < -0.39 is 0 Å². The standard InChI is InChI=1S/C19H22FN3O2/c20-15-6-4-5-14(13-15)18-21-17(16-7-2-1-3-8-23(16)18)19(24)22-9-11-25-12-10-22/h4-6,13H,1-3,7-12H2. The highest BCUT2D eigenvalue weighted by molar-refractivity contribution is 5.94. The fourth-order valence-corrected chi connectivity index (χ4v) is 3.66. The molecule has 1 fully saturated rings. The van der Waals surface area contributed by atoms with E-state index in [1.807, 2.05) is 11.0 Å². The summed E-state index contributed by atoms with van der Waals surface area (Å²) < 4.78 is 21.2. The van der Waals surface area contributed by atoms with Crippen LogP contribution in [0.5, 0.6) is 0 Å². The molecule has 2 aromatic rings. The third-order valence-corrected chi connectivity index (χ3v) is 4.95. The molecule has 4 rings (SSSR count). The quantitative estimate of drug-likeness (QED) is 0.842. The number of imidazole rings is 1. The van der Waals surface area contributed by atoms with Gasteiger partial charge in [-0.15, -0.1) is 0 Å². The second-order valence-corrected chi connectivity index (χ2v) is 6.61. The number of amides is 1. The number of nitrogens with zero attached hydrogens (tertiary/aromatic N) is 3. The molecule has 2 aliphatic heterocycles. The molecule has 0 aliphatic carbocycles. The molecule has 2 aliphatic rings. The summed E-state index contributed by atoms with van der Waals surface area (Å²) in [4.78, 5) is 19.5. The molecule has 1 amide bonds. The zero-order valence-corrected chi connectivity index (χ0v) is 14.2. The van der Waals surface area contributed by atoms with Crippen LogP contribution in [0.2, 0.25) is 0 Å². The SMILES string of the molecule is O=C(c1nc(-c2cccc(F)c2)n2c1CCCCC2)N1CCOCC1. The highest BCUT2D eigenvalue weighted by Gasteiger charge is 2.28. The number of rotatable bonds is 2. The number of carbonyl (C=O) groups is 1. The van der Waals surface area contributed by atoms with Gasteiger partial charge in [-0.1, -0.05) is 18.6 Å². The third-order valence-electron chi connectivity index (χ3n) is 4.95. The fraction of sp³-hybridized carbons (Fsp3) is 0.474. The van der Waals surface area contributed by atoms with Gasteiger partial charge in [-0.25, -0.2) is 9.37 Å². The maximum absolute atomic E-state index is 13.7. The zero-order valence-electron chi connectivity index (χ0n) is 14.2. The molecular formula is C19H22FN3O2. The Hall–Kier alpha value is -2.21. The van der Waals surface area contributed by atoms with Crippen LogP contribution >= 0.6 is 0 Å². The van der Waals surface area contributed by atoms with Crippen molar-refractivity contribution in [3.63, 3.8) is 0 Å². The minimum absolute atomic E-state index is 0.0309. The molecular weight excluding hydrogens is 321 g/mol. The molecule has 132 valence electrons. The van der Waals surface area contributed by atoms with Gasteiger partial charge in [0.2, 0.25) is 0 Å². The Morgan fingerprint density at radius 3 is 2.76 bits per heavy atom. The number of hydrogen-bond acceptors (Lipinski definition) is 3. The molecule has 1 saturated heterocycles. The molecule has 0 atom stereocenters. The van der Waals surface area contributed by atoms with E-state index in [1.54, 1.807) is 6.07 Å². The van der Waals surface area contributed by atoms with Crippen LogP contribution in [0.4, 0.5) is 4.39 Å². The molecule has 25 heavy (non-hydrogen) atoms. The lowest BCUT2D eigenvalue weighted by Crippen LogP contribution is -2.41. The molecule has 0 radical (unpaired) electrons. The molecule has 0 N–H and O–H groups in total. The largest absolute Gasteiger partial charge is 0.378 e. The summed E-state index contributed by atoms with van der Waals surface area (Å²) in [6.45, 7) is 3.16. The highest BCUT2D eigenvalue weighted by Crippen LogP contribution is 2.28. The smallest absolute Gasteiger partial charge is 0.274 e. The summed E-state index contributed by atoms with van der Waals surface area (Å²) in [5, 5.41) is 0. The van der Waals surface area contributed by atoms with Crippen molar-refractivity contribution < 1.29 is 13.9 Å². The van der Waals surface area contributed by atoms with Crippen LogP contribution in [0, 0.1) is 5.82 Å². The van der Waals surface area contributed by atoms with E-state index >= 15 is 0 Å². The Bertz CT molecular complexity index is 781. The first kappa shape index (κ1) is 16.3. The summed E-state index contributed by atoms with van der Waals surface area (Å²) in [7, 11) is 0. The number of halogens is 1. The van der Waals surface area contributed by atoms with Gasteiger partial charge in [0.25, 0.3) is 5.91 Å². The zero-order chi connectivity index (χ0) is 17.2. The number of morpholine rings is 1. The molecule has 3 heterocycles. The fourth-order valence-electron chi connectivity index (χ4n) is 3.66. The molecule has 1 aromatic carbocycles. The minimum Gasteiger partial charge on any atom is -0.378 e. The normalized spacial score (nSPS) is 17.9. The Morgan fingerprint density at radius 1 is 1.12 bits per heavy atom. The topological polar surface area (TPSA) is 47.4 Å². The summed E-state index contributed by atoms with van der Waals surface area (Å²) in [6, 6.07) is 6.46. The van der Waals surface area contributed by atoms with Crippen molar-refractivity contribution in [3.8, 4) is 11.4 Å². The molecule has 0 spiro atoms. The highest BCUT2D eigenvalue weighted by atomic mass is 19.1. The number of ether oxygens (including phenoxy) is 1. The first-order valence-electron chi connectivity index (χ1n) is 8.96. The Morgan fingerprint density at radius 2 is 1.96 bits per heavy atom. The number of fused-ring (bicyclic) bond motifs is 1. The van der Waals surface area contributed by atoms with E-state index in [-0.39, 0.29) is 11.7 Å². The molecule has 0 bridgehead atoms. The van der Waals surface area contributed by atoms with E-state index in [4.69, 9.17) is 4.74 Å². The van der Waals surface area contributed by atoms with Crippen LogP contribution in [0.15, 0.2) is 24.3 Å². The van der Waals surface area contributed by atoms with Gasteiger partial charge in [0.15, 0.2) is 0 Å². The lowest BCUT2D eigenvalue weighted by atomic mass is 10.1. The van der Waals surface area contributed by atoms with E-state index in [0.717, 1.165) is 43.5 Å². The first-order chi connectivity index (χ1) is 12.2. The second kappa shape index (κ2) is 6.96. The molecule has 1 aromatic heterocycles. The summed E-state index contributed by atoms with van der Waals surface area (Å²) >= 11 is 0. The van der Waals surface area contributed by atoms with E-state index in [0.29, 0.717) is 37.8 Å². The summed E-state index contributed by atoms with van der Waals surface area (Å²) in [5.74, 6) is 0.383. The van der Waals surface area contributed by atoms with Gasteiger partial charge in [0.05, 0.1) is 18.9 Å². The van der Waals surface area contributed by atoms with Crippen molar-refractivity contribution in [1.82, 2.24) is 14.5 Å². The second-order valence-electron chi connectivity index (χ2n) is 6.61. The molecule has 6 heteroatoms. The van der Waals surface area contributed by atoms with Gasteiger partial charge in [-0.2, -0.15) is 0 Å². The van der Waals surface area contributed by atoms with Crippen molar-refractivity contribution in [2.24, 2.45) is 0 Å². The monoisotopic (exact) mass is 343 g/mol. The van der Waals surface area contributed by atoms with Gasteiger partial charge < -0.3 is 14.2 Å². The van der Waals surface area contributed by atoms with E-state index in [9.17, 15) is 9.18 Å². The van der Waals surface area contributed by atoms with Gasteiger partial charge in [0.1, 0.15) is 17.3 Å². The Labute approximate surface area is 146 Å². The van der Waals surface area contributed by atoms with Crippen LogP contribution in [0.25, 0.3) is 11.4 Å². The van der Waals surface area contributed by atoms with Crippen molar-refractivity contribution in [1.29, 1.82) is 0 Å².